The number of carbonyl (C=O) groups is 1. The zero-order valence-electron chi connectivity index (χ0n) is 22.0. The molecule has 0 spiro atoms. The number of nitrogens with one attached hydrogen (secondary N) is 1. The average Bonchev–Trinajstić information content (AvgIpc) is 2.90. The lowest BCUT2D eigenvalue weighted by Crippen LogP contribution is -2.36. The molecule has 2 aromatic heterocycles. The van der Waals surface area contributed by atoms with E-state index in [2.05, 4.69) is 43.2 Å². The number of carbonyl (C=O) groups excluding carboxylic acids is 1. The fraction of sp³-hybridized carbons (Fsp3) is 0.407. The Labute approximate surface area is 217 Å². The van der Waals surface area contributed by atoms with E-state index in [1.807, 2.05) is 26.0 Å². The molecule has 10 nitrogen and oxygen atoms in total. The van der Waals surface area contributed by atoms with Crippen LogP contribution < -0.4 is 15.0 Å². The highest BCUT2D eigenvalue weighted by Gasteiger charge is 2.24. The first-order valence-corrected chi connectivity index (χ1v) is 12.1. The predicted molar refractivity (Wildman–Crippen MR) is 145 cm³/mol. The summed E-state index contributed by atoms with van der Waals surface area (Å²) in [5, 5.41) is 19.8. The molecular formula is C27H33N7O3. The van der Waals surface area contributed by atoms with Crippen molar-refractivity contribution in [2.75, 3.05) is 43.1 Å². The number of nitrogens with zero attached hydrogens (tertiary/aromatic N) is 6. The number of nitriles is 1. The van der Waals surface area contributed by atoms with Gasteiger partial charge in [-0.2, -0.15) is 15.5 Å². The van der Waals surface area contributed by atoms with Crippen molar-refractivity contribution in [3.05, 3.63) is 41.9 Å². The van der Waals surface area contributed by atoms with Crippen molar-refractivity contribution >= 4 is 29.7 Å². The normalized spacial score (nSPS) is 14.6. The van der Waals surface area contributed by atoms with E-state index in [9.17, 15) is 10.1 Å². The Balaban J connectivity index is 1.91. The summed E-state index contributed by atoms with van der Waals surface area (Å²) in [5.74, 6) is 0.233. The Kier molecular flexibility index (Phi) is 9.09. The van der Waals surface area contributed by atoms with Crippen molar-refractivity contribution in [3.63, 3.8) is 0 Å². The van der Waals surface area contributed by atoms with Crippen LogP contribution in [0.25, 0.3) is 11.1 Å². The van der Waals surface area contributed by atoms with Gasteiger partial charge in [-0.15, -0.1) is 0 Å². The highest BCUT2D eigenvalue weighted by Crippen LogP contribution is 2.33. The van der Waals surface area contributed by atoms with Gasteiger partial charge in [0.25, 0.3) is 5.91 Å². The van der Waals surface area contributed by atoms with Gasteiger partial charge in [0.05, 0.1) is 48.9 Å². The van der Waals surface area contributed by atoms with Gasteiger partial charge in [-0.25, -0.2) is 4.98 Å². The Morgan fingerprint density at radius 3 is 2.70 bits per heavy atom. The molecule has 1 aliphatic heterocycles. The number of aromatic nitrogens is 2. The third kappa shape index (κ3) is 6.77. The molecule has 1 saturated heterocycles. The third-order valence-corrected chi connectivity index (χ3v) is 5.93. The number of hydrogen-bond donors (Lipinski definition) is 1. The van der Waals surface area contributed by atoms with Crippen LogP contribution in [0.2, 0.25) is 0 Å². The first-order valence-electron chi connectivity index (χ1n) is 12.1. The number of morpholine rings is 1. The van der Waals surface area contributed by atoms with Crippen LogP contribution in [0, 0.1) is 23.7 Å². The van der Waals surface area contributed by atoms with E-state index in [-0.39, 0.29) is 5.91 Å². The Morgan fingerprint density at radius 1 is 1.32 bits per heavy atom. The van der Waals surface area contributed by atoms with Crippen molar-refractivity contribution in [1.82, 2.24) is 9.97 Å². The fourth-order valence-electron chi connectivity index (χ4n) is 3.73. The first-order chi connectivity index (χ1) is 17.7. The summed E-state index contributed by atoms with van der Waals surface area (Å²) in [6.07, 6.45) is 4.90. The van der Waals surface area contributed by atoms with E-state index in [1.165, 1.54) is 0 Å². The van der Waals surface area contributed by atoms with Crippen LogP contribution in [0.4, 0.5) is 11.4 Å². The van der Waals surface area contributed by atoms with Crippen LogP contribution in [0.3, 0.4) is 0 Å². The van der Waals surface area contributed by atoms with Crippen LogP contribution in [0.1, 0.15) is 33.4 Å². The van der Waals surface area contributed by atoms with E-state index in [4.69, 9.17) is 9.47 Å². The molecule has 1 amide bonds. The molecule has 1 aliphatic rings. The van der Waals surface area contributed by atoms with E-state index >= 15 is 0 Å². The molecule has 0 aromatic carbocycles. The molecule has 0 bridgehead atoms. The highest BCUT2D eigenvalue weighted by atomic mass is 16.5. The molecule has 1 fully saturated rings. The van der Waals surface area contributed by atoms with Gasteiger partial charge < -0.3 is 19.7 Å². The maximum absolute atomic E-state index is 12.9. The lowest BCUT2D eigenvalue weighted by molar-refractivity contribution is -0.112. The number of pyridine rings is 2. The number of aryl methyl sites for hydroxylation is 1. The molecular weight excluding hydrogens is 470 g/mol. The minimum atomic E-state index is -0.930. The van der Waals surface area contributed by atoms with E-state index in [0.717, 1.165) is 35.6 Å². The van der Waals surface area contributed by atoms with E-state index < -0.39 is 5.41 Å². The number of amides is 1. The van der Waals surface area contributed by atoms with Crippen LogP contribution in [-0.2, 0) is 9.53 Å². The molecule has 2 aromatic rings. The Morgan fingerprint density at radius 2 is 2.05 bits per heavy atom. The monoisotopic (exact) mass is 503 g/mol. The fourth-order valence-corrected chi connectivity index (χ4v) is 3.73. The number of hydrogen-bond acceptors (Lipinski definition) is 9. The lowest BCUT2D eigenvalue weighted by Gasteiger charge is -2.30. The lowest BCUT2D eigenvalue weighted by atomic mass is 9.88. The van der Waals surface area contributed by atoms with E-state index in [0.29, 0.717) is 42.7 Å². The van der Waals surface area contributed by atoms with Gasteiger partial charge in [-0.1, -0.05) is 0 Å². The smallest absolute Gasteiger partial charge is 0.251 e. The summed E-state index contributed by atoms with van der Waals surface area (Å²) in [7, 11) is 0. The second-order valence-electron chi connectivity index (χ2n) is 9.08. The molecule has 3 rings (SSSR count). The van der Waals surface area contributed by atoms with Crippen molar-refractivity contribution in [2.45, 2.75) is 34.6 Å². The van der Waals surface area contributed by atoms with Crippen LogP contribution in [0.15, 0.2) is 46.4 Å². The van der Waals surface area contributed by atoms with Gasteiger partial charge >= 0.3 is 0 Å². The van der Waals surface area contributed by atoms with Crippen molar-refractivity contribution in [3.8, 4) is 23.1 Å². The molecule has 0 atom stereocenters. The second kappa shape index (κ2) is 12.2. The highest BCUT2D eigenvalue weighted by molar-refractivity contribution is 6.10. The van der Waals surface area contributed by atoms with Crippen molar-refractivity contribution < 1.29 is 14.3 Å². The van der Waals surface area contributed by atoms with Gasteiger partial charge in [0.15, 0.2) is 0 Å². The number of anilines is 2. The molecule has 0 radical (unpaired) electrons. The molecule has 0 unspecified atom stereocenters. The first kappa shape index (κ1) is 27.5. The van der Waals surface area contributed by atoms with Gasteiger partial charge in [-0.05, 0) is 52.8 Å². The maximum atomic E-state index is 12.9. The zero-order chi connectivity index (χ0) is 27.0. The molecule has 0 aliphatic carbocycles. The molecule has 0 saturated carbocycles. The number of allylic oxidation sites excluding steroid dienone is 1. The second-order valence-corrected chi connectivity index (χ2v) is 9.08. The largest absolute Gasteiger partial charge is 0.476 e. The molecule has 3 heterocycles. The van der Waals surface area contributed by atoms with E-state index in [1.54, 1.807) is 39.2 Å². The minimum Gasteiger partial charge on any atom is -0.476 e. The summed E-state index contributed by atoms with van der Waals surface area (Å²) in [5.41, 5.74) is 3.71. The minimum absolute atomic E-state index is 0.344. The quantitative estimate of drug-likeness (QED) is 0.309. The summed E-state index contributed by atoms with van der Waals surface area (Å²) in [6.45, 7) is 15.5. The van der Waals surface area contributed by atoms with Gasteiger partial charge in [0, 0.05) is 48.4 Å². The van der Waals surface area contributed by atoms with Crippen molar-refractivity contribution in [2.24, 2.45) is 15.6 Å². The SMILES string of the molecule is C=N/N=C(\C=C(/C)C(=O)Nc1cnc(C)c(-c2cnc(OCC)c(N3CCOCC3)c2)c1)C(C)(C)C#N. The molecule has 10 heteroatoms. The zero-order valence-corrected chi connectivity index (χ0v) is 22.0. The third-order valence-electron chi connectivity index (χ3n) is 5.93. The summed E-state index contributed by atoms with van der Waals surface area (Å²) in [6, 6.07) is 6.07. The topological polar surface area (TPSA) is 125 Å². The summed E-state index contributed by atoms with van der Waals surface area (Å²) in [4.78, 5) is 24.2. The predicted octanol–water partition coefficient (Wildman–Crippen LogP) is 4.18. The molecule has 194 valence electrons. The molecule has 37 heavy (non-hydrogen) atoms. The Hall–Kier alpha value is -4.10. The van der Waals surface area contributed by atoms with Crippen LogP contribution >= 0.6 is 0 Å². The maximum Gasteiger partial charge on any atom is 0.251 e. The molecule has 1 N–H and O–H groups in total. The van der Waals surface area contributed by atoms with Gasteiger partial charge in [0.2, 0.25) is 5.88 Å². The summed E-state index contributed by atoms with van der Waals surface area (Å²) >= 11 is 0. The van der Waals surface area contributed by atoms with Crippen LogP contribution in [0.5, 0.6) is 5.88 Å². The van der Waals surface area contributed by atoms with Crippen LogP contribution in [-0.4, -0.2) is 61.2 Å². The van der Waals surface area contributed by atoms with Gasteiger partial charge in [-0.3, -0.25) is 9.78 Å². The van der Waals surface area contributed by atoms with Crippen molar-refractivity contribution in [1.29, 1.82) is 5.26 Å². The standard InChI is InChI=1S/C27H33N7O3/c1-7-37-26-23(34-8-10-36-11-9-34)13-20(15-31-26)22-14-21(16-30-19(22)3)32-25(35)18(2)12-24(33-29-6)27(4,5)17-28/h12-16H,6-11H2,1-5H3,(H,32,35)/b18-12+,33-24+. The number of rotatable bonds is 9. The summed E-state index contributed by atoms with van der Waals surface area (Å²) < 4.78 is 11.3. The van der Waals surface area contributed by atoms with Gasteiger partial charge in [0.1, 0.15) is 5.69 Å². The average molecular weight is 504 g/mol. The number of ether oxygens (including phenoxy) is 2. The Bertz CT molecular complexity index is 1260.